The quantitative estimate of drug-likeness (QED) is 0.659. The van der Waals surface area contributed by atoms with Gasteiger partial charge < -0.3 is 15.4 Å². The van der Waals surface area contributed by atoms with Gasteiger partial charge >= 0.3 is 0 Å². The molecule has 3 heterocycles. The van der Waals surface area contributed by atoms with Crippen molar-refractivity contribution in [2.45, 2.75) is 44.4 Å². The first kappa shape index (κ1) is 20.8. The Bertz CT molecular complexity index is 800. The third-order valence-electron chi connectivity index (χ3n) is 5.65. The number of likely N-dealkylation sites (tertiary alicyclic amines) is 1. The Morgan fingerprint density at radius 1 is 1.21 bits per heavy atom. The van der Waals surface area contributed by atoms with Crippen LogP contribution in [0.15, 0.2) is 40.2 Å². The zero-order valence-corrected chi connectivity index (χ0v) is 18.9. The molecule has 1 amide bonds. The average molecular weight is 478 g/mol. The number of hydrogen-bond acceptors (Lipinski definition) is 5. The second kappa shape index (κ2) is 10.1. The van der Waals surface area contributed by atoms with Gasteiger partial charge in [-0.25, -0.2) is 0 Å². The lowest BCUT2D eigenvalue weighted by molar-refractivity contribution is 0.0913. The molecule has 2 fully saturated rings. The van der Waals surface area contributed by atoms with Crippen molar-refractivity contribution in [1.82, 2.24) is 15.5 Å². The fourth-order valence-corrected chi connectivity index (χ4v) is 5.14. The van der Waals surface area contributed by atoms with Gasteiger partial charge in [0.15, 0.2) is 0 Å². The summed E-state index contributed by atoms with van der Waals surface area (Å²) in [5, 5.41) is 8.49. The van der Waals surface area contributed by atoms with E-state index in [1.54, 1.807) is 0 Å². The van der Waals surface area contributed by atoms with E-state index in [1.807, 2.05) is 17.5 Å². The van der Waals surface area contributed by atoms with E-state index in [2.05, 4.69) is 49.7 Å². The Morgan fingerprint density at radius 2 is 2.00 bits per heavy atom. The van der Waals surface area contributed by atoms with Gasteiger partial charge in [-0.1, -0.05) is 12.1 Å². The highest BCUT2D eigenvalue weighted by molar-refractivity contribution is 9.10. The number of rotatable bonds is 6. The van der Waals surface area contributed by atoms with Crippen LogP contribution in [0.5, 0.6) is 5.75 Å². The largest absolute Gasteiger partial charge is 0.489 e. The van der Waals surface area contributed by atoms with Gasteiger partial charge in [-0.05, 0) is 83.8 Å². The Balaban J connectivity index is 1.24. The van der Waals surface area contributed by atoms with E-state index in [9.17, 15) is 4.79 Å². The first-order valence-corrected chi connectivity index (χ1v) is 12.1. The summed E-state index contributed by atoms with van der Waals surface area (Å²) in [6.07, 6.45) is 4.42. The minimum Gasteiger partial charge on any atom is -0.489 e. The van der Waals surface area contributed by atoms with Crippen LogP contribution < -0.4 is 15.4 Å². The minimum absolute atomic E-state index is 0.0618. The number of nitrogens with one attached hydrogen (secondary N) is 2. The number of carbonyl (C=O) groups excluding carboxylic acids is 1. The molecular weight excluding hydrogens is 450 g/mol. The number of piperidine rings is 2. The van der Waals surface area contributed by atoms with E-state index in [1.165, 1.54) is 16.9 Å². The number of hydrogen-bond donors (Lipinski definition) is 2. The summed E-state index contributed by atoms with van der Waals surface area (Å²) in [6.45, 7) is 4.99. The number of amides is 1. The summed E-state index contributed by atoms with van der Waals surface area (Å²) < 4.78 is 7.21. The third-order valence-corrected chi connectivity index (χ3v) is 7.14. The van der Waals surface area contributed by atoms with Gasteiger partial charge in [0.2, 0.25) is 0 Å². The van der Waals surface area contributed by atoms with Crippen LogP contribution in [0.1, 0.15) is 40.9 Å². The molecule has 0 spiro atoms. The molecule has 0 saturated carbocycles. The molecule has 0 unspecified atom stereocenters. The van der Waals surface area contributed by atoms with Crippen LogP contribution in [0.4, 0.5) is 0 Å². The standard InChI is InChI=1S/C22H28BrN3O2S/c23-19-14-16(3-4-20(19)28-18-5-9-24-10-6-18)15-26-11-7-17(8-12-26)25-22(27)21-2-1-13-29-21/h1-4,13-14,17-18,24H,5-12,15H2,(H,25,27). The van der Waals surface area contributed by atoms with Crippen molar-refractivity contribution < 1.29 is 9.53 Å². The van der Waals surface area contributed by atoms with Crippen LogP contribution in [-0.4, -0.2) is 49.1 Å². The van der Waals surface area contributed by atoms with Crippen molar-refractivity contribution in [2.75, 3.05) is 26.2 Å². The molecule has 1 aromatic heterocycles. The van der Waals surface area contributed by atoms with E-state index >= 15 is 0 Å². The number of thiophene rings is 1. The van der Waals surface area contributed by atoms with Crippen molar-refractivity contribution in [3.63, 3.8) is 0 Å². The average Bonchev–Trinajstić information content (AvgIpc) is 3.27. The molecule has 2 N–H and O–H groups in total. The molecule has 2 aromatic rings. The van der Waals surface area contributed by atoms with Crippen molar-refractivity contribution in [3.05, 3.63) is 50.6 Å². The maximum Gasteiger partial charge on any atom is 0.261 e. The van der Waals surface area contributed by atoms with Gasteiger partial charge in [0.05, 0.1) is 9.35 Å². The van der Waals surface area contributed by atoms with Gasteiger partial charge in [-0.15, -0.1) is 11.3 Å². The molecule has 5 nitrogen and oxygen atoms in total. The lowest BCUT2D eigenvalue weighted by Crippen LogP contribution is -2.44. The van der Waals surface area contributed by atoms with Crippen LogP contribution in [0.3, 0.4) is 0 Å². The fourth-order valence-electron chi connectivity index (χ4n) is 3.99. The Labute approximate surface area is 184 Å². The molecule has 0 atom stereocenters. The van der Waals surface area contributed by atoms with Crippen LogP contribution in [0.25, 0.3) is 0 Å². The van der Waals surface area contributed by atoms with Crippen LogP contribution >= 0.6 is 27.3 Å². The first-order valence-electron chi connectivity index (χ1n) is 10.4. The number of ether oxygens (including phenoxy) is 1. The number of carbonyl (C=O) groups is 1. The van der Waals surface area contributed by atoms with E-state index in [0.29, 0.717) is 6.10 Å². The molecular formula is C22H28BrN3O2S. The van der Waals surface area contributed by atoms with Crippen LogP contribution in [0, 0.1) is 0 Å². The van der Waals surface area contributed by atoms with Crippen LogP contribution in [0.2, 0.25) is 0 Å². The molecule has 0 aliphatic carbocycles. The normalized spacial score (nSPS) is 19.2. The van der Waals surface area contributed by atoms with Crippen LogP contribution in [-0.2, 0) is 6.54 Å². The fraction of sp³-hybridized carbons (Fsp3) is 0.500. The molecule has 0 bridgehead atoms. The molecule has 156 valence electrons. The van der Waals surface area contributed by atoms with E-state index in [-0.39, 0.29) is 11.9 Å². The zero-order valence-electron chi connectivity index (χ0n) is 16.5. The summed E-state index contributed by atoms with van der Waals surface area (Å²) in [4.78, 5) is 15.5. The second-order valence-corrected chi connectivity index (χ2v) is 9.64. The van der Waals surface area contributed by atoms with E-state index in [4.69, 9.17) is 4.74 Å². The van der Waals surface area contributed by atoms with Crippen molar-refractivity contribution in [1.29, 1.82) is 0 Å². The Kier molecular flexibility index (Phi) is 7.24. The predicted octanol–water partition coefficient (Wildman–Crippen LogP) is 4.04. The van der Waals surface area contributed by atoms with Gasteiger partial charge in [-0.3, -0.25) is 9.69 Å². The molecule has 0 radical (unpaired) electrons. The van der Waals surface area contributed by atoms with Gasteiger partial charge in [0.1, 0.15) is 11.9 Å². The maximum atomic E-state index is 12.2. The van der Waals surface area contributed by atoms with Crippen molar-refractivity contribution in [2.24, 2.45) is 0 Å². The molecule has 7 heteroatoms. The zero-order chi connectivity index (χ0) is 20.1. The smallest absolute Gasteiger partial charge is 0.261 e. The molecule has 4 rings (SSSR count). The monoisotopic (exact) mass is 477 g/mol. The lowest BCUT2D eigenvalue weighted by Gasteiger charge is -2.32. The second-order valence-electron chi connectivity index (χ2n) is 7.83. The van der Waals surface area contributed by atoms with Gasteiger partial charge in [-0.2, -0.15) is 0 Å². The highest BCUT2D eigenvalue weighted by Gasteiger charge is 2.22. The van der Waals surface area contributed by atoms with Crippen molar-refractivity contribution >= 4 is 33.2 Å². The topological polar surface area (TPSA) is 53.6 Å². The minimum atomic E-state index is 0.0618. The van der Waals surface area contributed by atoms with Gasteiger partial charge in [0.25, 0.3) is 5.91 Å². The molecule has 2 saturated heterocycles. The maximum absolute atomic E-state index is 12.2. The summed E-state index contributed by atoms with van der Waals surface area (Å²) in [7, 11) is 0. The highest BCUT2D eigenvalue weighted by atomic mass is 79.9. The molecule has 2 aliphatic heterocycles. The molecule has 1 aromatic carbocycles. The number of nitrogens with zero attached hydrogens (tertiary/aromatic N) is 1. The summed E-state index contributed by atoms with van der Waals surface area (Å²) in [5.41, 5.74) is 1.29. The first-order chi connectivity index (χ1) is 14.2. The van der Waals surface area contributed by atoms with Gasteiger partial charge in [0, 0.05) is 25.7 Å². The SMILES string of the molecule is O=C(NC1CCN(Cc2ccc(OC3CCNCC3)c(Br)c2)CC1)c1cccs1. The Hall–Kier alpha value is -1.41. The third kappa shape index (κ3) is 5.81. The molecule has 2 aliphatic rings. The van der Waals surface area contributed by atoms with Crippen molar-refractivity contribution in [3.8, 4) is 5.75 Å². The Morgan fingerprint density at radius 3 is 2.69 bits per heavy atom. The number of halogens is 1. The molecule has 29 heavy (non-hydrogen) atoms. The predicted molar refractivity (Wildman–Crippen MR) is 121 cm³/mol. The number of benzene rings is 1. The lowest BCUT2D eigenvalue weighted by atomic mass is 10.0. The highest BCUT2D eigenvalue weighted by Crippen LogP contribution is 2.29. The summed E-state index contributed by atoms with van der Waals surface area (Å²) in [6, 6.07) is 10.5. The summed E-state index contributed by atoms with van der Waals surface area (Å²) in [5.74, 6) is 1.00. The summed E-state index contributed by atoms with van der Waals surface area (Å²) >= 11 is 5.18. The van der Waals surface area contributed by atoms with E-state index in [0.717, 1.165) is 73.5 Å². The van der Waals surface area contributed by atoms with E-state index < -0.39 is 0 Å².